The number of likely N-dealkylation sites (tertiary alicyclic amines) is 1. The molecule has 38 heavy (non-hydrogen) atoms. The normalized spacial score (nSPS) is 27.7. The van der Waals surface area contributed by atoms with Crippen molar-refractivity contribution < 1.29 is 23.6 Å². The molecule has 1 N–H and O–H groups in total. The zero-order valence-electron chi connectivity index (χ0n) is 23.1. The second-order valence-corrected chi connectivity index (χ2v) is 13.9. The number of carbonyl (C=O) groups is 1. The van der Waals surface area contributed by atoms with Gasteiger partial charge in [-0.2, -0.15) is 0 Å². The Hall–Kier alpha value is -0.590. The second kappa shape index (κ2) is 16.6. The first-order chi connectivity index (χ1) is 18.4. The van der Waals surface area contributed by atoms with E-state index in [1.807, 2.05) is 22.2 Å². The summed E-state index contributed by atoms with van der Waals surface area (Å²) in [6, 6.07) is 4.79. The predicted molar refractivity (Wildman–Crippen MR) is 154 cm³/mol. The van der Waals surface area contributed by atoms with E-state index in [4.69, 9.17) is 26.2 Å². The average molecular weight is 592 g/mol. The van der Waals surface area contributed by atoms with Crippen molar-refractivity contribution in [3.8, 4) is 0 Å². The summed E-state index contributed by atoms with van der Waals surface area (Å²) in [6.45, 7) is 8.98. The van der Waals surface area contributed by atoms with Gasteiger partial charge < -0.3 is 19.5 Å². The molecule has 1 amide bonds. The van der Waals surface area contributed by atoms with Crippen LogP contribution in [0, 0.1) is 5.92 Å². The van der Waals surface area contributed by atoms with Crippen molar-refractivity contribution in [3.05, 3.63) is 16.5 Å². The van der Waals surface area contributed by atoms with Gasteiger partial charge in [-0.05, 0) is 50.7 Å². The third-order valence-electron chi connectivity index (χ3n) is 7.54. The maximum atomic E-state index is 12.2. The van der Waals surface area contributed by atoms with Crippen molar-refractivity contribution >= 4 is 40.3 Å². The number of piperazine rings is 1. The van der Waals surface area contributed by atoms with Gasteiger partial charge in [0.25, 0.3) is 0 Å². The molecule has 8 nitrogen and oxygen atoms in total. The fourth-order valence-corrected chi connectivity index (χ4v) is 7.68. The number of rotatable bonds is 7. The molecule has 218 valence electrons. The highest BCUT2D eigenvalue weighted by molar-refractivity contribution is 7.85. The summed E-state index contributed by atoms with van der Waals surface area (Å²) in [5.74, 6) is 1.13. The van der Waals surface area contributed by atoms with E-state index in [0.29, 0.717) is 42.3 Å². The number of carbonyl (C=O) groups excluding carboxylic acids is 1. The van der Waals surface area contributed by atoms with Gasteiger partial charge in [-0.25, -0.2) is 8.51 Å². The lowest BCUT2D eigenvalue weighted by atomic mass is 10.2. The Balaban J connectivity index is 0.000000156. The first kappa shape index (κ1) is 31.9. The number of morpholine rings is 1. The molecular weight excluding hydrogens is 546 g/mol. The minimum atomic E-state index is -1.09. The van der Waals surface area contributed by atoms with E-state index in [9.17, 15) is 9.00 Å². The molecule has 0 aromatic carbocycles. The predicted octanol–water partition coefficient (Wildman–Crippen LogP) is 4.03. The van der Waals surface area contributed by atoms with Gasteiger partial charge in [0.15, 0.2) is 0 Å². The number of methoxy groups -OCH3 is 1. The highest BCUT2D eigenvalue weighted by Crippen LogP contribution is 2.31. The van der Waals surface area contributed by atoms with E-state index in [1.54, 1.807) is 13.2 Å². The van der Waals surface area contributed by atoms with Crippen LogP contribution in [0.25, 0.3) is 0 Å². The maximum Gasteiger partial charge on any atom is 0.209 e. The average Bonchev–Trinajstić information content (AvgIpc) is 3.86. The molecule has 2 bridgehead atoms. The van der Waals surface area contributed by atoms with Gasteiger partial charge in [0, 0.05) is 51.4 Å². The van der Waals surface area contributed by atoms with E-state index in [2.05, 4.69) is 11.8 Å². The lowest BCUT2D eigenvalue weighted by molar-refractivity contribution is -0.121. The van der Waals surface area contributed by atoms with Crippen LogP contribution in [0.4, 0.5) is 0 Å². The van der Waals surface area contributed by atoms with E-state index in [1.165, 1.54) is 56.3 Å². The Bertz CT molecular complexity index is 828. The van der Waals surface area contributed by atoms with Crippen LogP contribution in [-0.4, -0.2) is 107 Å². The summed E-state index contributed by atoms with van der Waals surface area (Å²) < 4.78 is 25.8. The minimum Gasteiger partial charge on any atom is -0.395 e. The quantitative estimate of drug-likeness (QED) is 0.482. The Morgan fingerprint density at radius 3 is 2.26 bits per heavy atom. The summed E-state index contributed by atoms with van der Waals surface area (Å²) in [6.07, 6.45) is 10.9. The molecule has 2 saturated carbocycles. The number of nitrogens with zero attached hydrogens (tertiary/aromatic N) is 3. The molecule has 11 heteroatoms. The number of aliphatic hydroxyl groups is 1. The van der Waals surface area contributed by atoms with Crippen LogP contribution in [0.15, 0.2) is 16.3 Å². The van der Waals surface area contributed by atoms with Gasteiger partial charge in [-0.15, -0.1) is 11.3 Å². The van der Waals surface area contributed by atoms with Crippen LogP contribution in [0.3, 0.4) is 0 Å². The van der Waals surface area contributed by atoms with Crippen LogP contribution in [0.1, 0.15) is 58.8 Å². The van der Waals surface area contributed by atoms with Crippen molar-refractivity contribution in [2.45, 2.75) is 87.2 Å². The monoisotopic (exact) mass is 591 g/mol. The molecule has 0 radical (unpaired) electrons. The van der Waals surface area contributed by atoms with Gasteiger partial charge in [-0.1, -0.05) is 37.8 Å². The summed E-state index contributed by atoms with van der Waals surface area (Å²) in [7, 11) is 0.670. The van der Waals surface area contributed by atoms with Crippen molar-refractivity contribution in [2.24, 2.45) is 5.92 Å². The SMILES string of the molecule is CC1COCCN1S(=O)c1ccc(Cl)s1.CCC1CC1.COC1CC1.O=CN1CC2CCC(C1)N2CCO. The van der Waals surface area contributed by atoms with Crippen molar-refractivity contribution in [1.82, 2.24) is 14.1 Å². The van der Waals surface area contributed by atoms with E-state index >= 15 is 0 Å². The highest BCUT2D eigenvalue weighted by Gasteiger charge is 2.38. The zero-order chi connectivity index (χ0) is 27.5. The lowest BCUT2D eigenvalue weighted by Gasteiger charge is -2.39. The number of hydrogen-bond acceptors (Lipinski definition) is 7. The Morgan fingerprint density at radius 1 is 1.18 bits per heavy atom. The van der Waals surface area contributed by atoms with E-state index < -0.39 is 11.0 Å². The Kier molecular flexibility index (Phi) is 14.0. The third kappa shape index (κ3) is 10.4. The molecule has 4 unspecified atom stereocenters. The molecule has 3 aliphatic heterocycles. The number of amides is 1. The molecule has 1 aromatic rings. The van der Waals surface area contributed by atoms with Crippen LogP contribution in [0.2, 0.25) is 4.34 Å². The highest BCUT2D eigenvalue weighted by atomic mass is 35.5. The second-order valence-electron chi connectivity index (χ2n) is 10.6. The smallest absolute Gasteiger partial charge is 0.209 e. The van der Waals surface area contributed by atoms with Gasteiger partial charge in [0.05, 0.1) is 30.3 Å². The van der Waals surface area contributed by atoms with Gasteiger partial charge in [0.2, 0.25) is 6.41 Å². The molecule has 2 aliphatic carbocycles. The number of halogens is 1. The molecule has 4 atom stereocenters. The summed E-state index contributed by atoms with van der Waals surface area (Å²) in [5, 5.41) is 8.88. The maximum absolute atomic E-state index is 12.2. The first-order valence-electron chi connectivity index (χ1n) is 14.0. The molecule has 5 aliphatic rings. The molecule has 4 heterocycles. The first-order valence-corrected chi connectivity index (χ1v) is 16.3. The largest absolute Gasteiger partial charge is 0.395 e. The minimum absolute atomic E-state index is 0.195. The van der Waals surface area contributed by atoms with Crippen LogP contribution >= 0.6 is 22.9 Å². The lowest BCUT2D eigenvalue weighted by Crippen LogP contribution is -2.53. The molecule has 3 saturated heterocycles. The topological polar surface area (TPSA) is 82.5 Å². The van der Waals surface area contributed by atoms with Crippen LogP contribution in [0.5, 0.6) is 0 Å². The fourth-order valence-electron chi connectivity index (χ4n) is 4.88. The summed E-state index contributed by atoms with van der Waals surface area (Å²) >= 11 is 7.19. The molecule has 1 aromatic heterocycles. The van der Waals surface area contributed by atoms with Gasteiger partial charge >= 0.3 is 0 Å². The van der Waals surface area contributed by atoms with E-state index in [-0.39, 0.29) is 12.6 Å². The molecular formula is C27H46ClN3O5S2. The standard InChI is InChI=1S/C9H12ClNO2S2.C9H16N2O2.C5H10.C4H8O/c1-7-6-13-5-4-11(7)15(12)9-3-2-8(10)14-9;12-4-3-11-8-1-2-9(11)6-10(5-8)7-13;1-2-5-3-4-5;1-5-4-2-3-4/h2-3,7H,4-6H2,1H3;7-9,12H,1-6H2;5H,2-4H2,1H3;4H,2-3H2,1H3. The van der Waals surface area contributed by atoms with Crippen molar-refractivity contribution in [3.63, 3.8) is 0 Å². The van der Waals surface area contributed by atoms with Crippen molar-refractivity contribution in [1.29, 1.82) is 0 Å². The number of aliphatic hydroxyl groups excluding tert-OH is 1. The number of ether oxygens (including phenoxy) is 2. The van der Waals surface area contributed by atoms with Gasteiger partial charge in [0.1, 0.15) is 15.2 Å². The molecule has 0 spiro atoms. The summed E-state index contributed by atoms with van der Waals surface area (Å²) in [4.78, 5) is 14.8. The number of hydrogen-bond donors (Lipinski definition) is 1. The number of thiophene rings is 1. The Labute approximate surface area is 240 Å². The molecule has 6 rings (SSSR count). The van der Waals surface area contributed by atoms with Gasteiger partial charge in [-0.3, -0.25) is 9.69 Å². The van der Waals surface area contributed by atoms with Crippen molar-refractivity contribution in [2.75, 3.05) is 53.1 Å². The Morgan fingerprint density at radius 2 is 1.87 bits per heavy atom. The number of fused-ring (bicyclic) bond motifs is 2. The zero-order valence-corrected chi connectivity index (χ0v) is 25.5. The fraction of sp³-hybridized carbons (Fsp3) is 0.815. The third-order valence-corrected chi connectivity index (χ3v) is 10.7. The van der Waals surface area contributed by atoms with Crippen LogP contribution in [-0.2, 0) is 25.3 Å². The van der Waals surface area contributed by atoms with E-state index in [0.717, 1.165) is 36.2 Å². The molecule has 5 fully saturated rings. The van der Waals surface area contributed by atoms with Crippen LogP contribution < -0.4 is 0 Å². The summed E-state index contributed by atoms with van der Waals surface area (Å²) in [5.41, 5.74) is 0.